The molecule has 4 N–H and O–H groups in total. The van der Waals surface area contributed by atoms with Crippen LogP contribution < -0.4 is 16.9 Å². The van der Waals surface area contributed by atoms with Crippen LogP contribution in [0, 0.1) is 13.8 Å². The average Bonchev–Trinajstić information content (AvgIpc) is 2.53. The predicted molar refractivity (Wildman–Crippen MR) is 83.9 cm³/mol. The number of hydrogen-bond acceptors (Lipinski definition) is 4. The smallest absolute Gasteiger partial charge is 0.399 e. The van der Waals surface area contributed by atoms with Crippen LogP contribution >= 0.6 is 0 Å². The van der Waals surface area contributed by atoms with Crippen LogP contribution in [-0.2, 0) is 15.9 Å². The largest absolute Gasteiger partial charge is 0.495 e. The molecule has 0 radical (unpaired) electrons. The Morgan fingerprint density at radius 1 is 1.05 bits per heavy atom. The summed E-state index contributed by atoms with van der Waals surface area (Å²) in [4.78, 5) is 0. The van der Waals surface area contributed by atoms with E-state index in [1.54, 1.807) is 0 Å². The lowest BCUT2D eigenvalue weighted by Crippen LogP contribution is -2.41. The number of benzene rings is 1. The fourth-order valence-electron chi connectivity index (χ4n) is 2.54. The van der Waals surface area contributed by atoms with Gasteiger partial charge in [0.2, 0.25) is 0 Å². The molecule has 5 heteroatoms. The zero-order valence-electron chi connectivity index (χ0n) is 13.3. The van der Waals surface area contributed by atoms with Gasteiger partial charge in [0.15, 0.2) is 0 Å². The second-order valence-corrected chi connectivity index (χ2v) is 6.58. The number of nitrogen functional groups attached to an aromatic ring is 1. The summed E-state index contributed by atoms with van der Waals surface area (Å²) in [6, 6.07) is 1.94. The van der Waals surface area contributed by atoms with Gasteiger partial charge in [-0.1, -0.05) is 0 Å². The molecule has 4 nitrogen and oxygen atoms in total. The topological polar surface area (TPSA) is 70.5 Å². The van der Waals surface area contributed by atoms with E-state index < -0.39 is 7.12 Å². The van der Waals surface area contributed by atoms with Crippen LogP contribution in [0.25, 0.3) is 0 Å². The highest BCUT2D eigenvalue weighted by molar-refractivity contribution is 6.63. The van der Waals surface area contributed by atoms with Crippen LogP contribution in [0.4, 0.5) is 5.69 Å². The summed E-state index contributed by atoms with van der Waals surface area (Å²) in [6.45, 7) is 12.7. The lowest BCUT2D eigenvalue weighted by atomic mass is 9.72. The SMILES string of the molecule is Cc1c(N)cc(CN)c(C)c1B1OC(C)(C)C(C)(C)O1. The highest BCUT2D eigenvalue weighted by Crippen LogP contribution is 2.37. The molecule has 110 valence electrons. The minimum atomic E-state index is -0.395. The molecule has 1 fully saturated rings. The molecular formula is C15H25BN2O2. The third-order valence-corrected chi connectivity index (χ3v) is 4.76. The van der Waals surface area contributed by atoms with Crippen molar-refractivity contribution in [2.24, 2.45) is 5.73 Å². The van der Waals surface area contributed by atoms with Crippen molar-refractivity contribution < 1.29 is 9.31 Å². The zero-order valence-corrected chi connectivity index (χ0v) is 13.3. The summed E-state index contributed by atoms with van der Waals surface area (Å²) in [5.74, 6) is 0. The van der Waals surface area contributed by atoms with E-state index in [0.29, 0.717) is 6.54 Å². The van der Waals surface area contributed by atoms with Crippen molar-refractivity contribution >= 4 is 18.3 Å². The van der Waals surface area contributed by atoms with E-state index >= 15 is 0 Å². The Morgan fingerprint density at radius 2 is 1.55 bits per heavy atom. The molecule has 1 heterocycles. The molecule has 0 spiro atoms. The first-order valence-electron chi connectivity index (χ1n) is 7.05. The van der Waals surface area contributed by atoms with Crippen molar-refractivity contribution in [3.63, 3.8) is 0 Å². The maximum atomic E-state index is 6.15. The summed E-state index contributed by atoms with van der Waals surface area (Å²) in [6.07, 6.45) is 0. The van der Waals surface area contributed by atoms with Gasteiger partial charge in [0.05, 0.1) is 11.2 Å². The van der Waals surface area contributed by atoms with Gasteiger partial charge >= 0.3 is 7.12 Å². The first-order valence-corrected chi connectivity index (χ1v) is 7.05. The summed E-state index contributed by atoms with van der Waals surface area (Å²) in [7, 11) is -0.395. The van der Waals surface area contributed by atoms with Crippen molar-refractivity contribution in [3.8, 4) is 0 Å². The number of hydrogen-bond donors (Lipinski definition) is 2. The Balaban J connectivity index is 2.52. The average molecular weight is 276 g/mol. The van der Waals surface area contributed by atoms with Gasteiger partial charge in [-0.3, -0.25) is 0 Å². The van der Waals surface area contributed by atoms with Gasteiger partial charge in [-0.2, -0.15) is 0 Å². The van der Waals surface area contributed by atoms with Crippen LogP contribution in [0.5, 0.6) is 0 Å². The Labute approximate surface area is 122 Å². The second kappa shape index (κ2) is 4.76. The molecule has 1 saturated heterocycles. The van der Waals surface area contributed by atoms with E-state index in [1.165, 1.54) is 0 Å². The normalized spacial score (nSPS) is 20.4. The first-order chi connectivity index (χ1) is 9.10. The maximum absolute atomic E-state index is 6.15. The molecule has 0 unspecified atom stereocenters. The molecule has 0 aromatic heterocycles. The molecule has 0 amide bonds. The Morgan fingerprint density at radius 3 is 2.00 bits per heavy atom. The molecule has 1 aromatic carbocycles. The van der Waals surface area contributed by atoms with Crippen molar-refractivity contribution in [3.05, 3.63) is 22.8 Å². The lowest BCUT2D eigenvalue weighted by Gasteiger charge is -2.32. The Kier molecular flexibility index (Phi) is 3.65. The minimum Gasteiger partial charge on any atom is -0.399 e. The third-order valence-electron chi connectivity index (χ3n) is 4.76. The monoisotopic (exact) mass is 276 g/mol. The number of anilines is 1. The zero-order chi connectivity index (χ0) is 15.3. The quantitative estimate of drug-likeness (QED) is 0.636. The van der Waals surface area contributed by atoms with Gasteiger partial charge in [-0.15, -0.1) is 0 Å². The Bertz CT molecular complexity index is 525. The highest BCUT2D eigenvalue weighted by Gasteiger charge is 2.52. The molecule has 20 heavy (non-hydrogen) atoms. The summed E-state index contributed by atoms with van der Waals surface area (Å²) in [5, 5.41) is 0. The van der Waals surface area contributed by atoms with Crippen LogP contribution in [0.2, 0.25) is 0 Å². The van der Waals surface area contributed by atoms with Crippen molar-refractivity contribution in [2.75, 3.05) is 5.73 Å². The molecule has 0 aliphatic carbocycles. The van der Waals surface area contributed by atoms with Gasteiger partial charge in [0.1, 0.15) is 0 Å². The van der Waals surface area contributed by atoms with Gasteiger partial charge < -0.3 is 20.8 Å². The van der Waals surface area contributed by atoms with Crippen LogP contribution in [0.15, 0.2) is 6.07 Å². The summed E-state index contributed by atoms with van der Waals surface area (Å²) >= 11 is 0. The van der Waals surface area contributed by atoms with E-state index in [2.05, 4.69) is 6.92 Å². The molecular weight excluding hydrogens is 251 g/mol. The molecule has 2 rings (SSSR count). The third kappa shape index (κ3) is 2.24. The van der Waals surface area contributed by atoms with E-state index in [0.717, 1.165) is 27.8 Å². The molecule has 1 aromatic rings. The number of rotatable bonds is 2. The highest BCUT2D eigenvalue weighted by atomic mass is 16.7. The van der Waals surface area contributed by atoms with Crippen molar-refractivity contribution in [2.45, 2.75) is 59.3 Å². The molecule has 0 atom stereocenters. The lowest BCUT2D eigenvalue weighted by molar-refractivity contribution is 0.00578. The van der Waals surface area contributed by atoms with Crippen LogP contribution in [-0.4, -0.2) is 18.3 Å². The fraction of sp³-hybridized carbons (Fsp3) is 0.600. The van der Waals surface area contributed by atoms with Gasteiger partial charge in [-0.05, 0) is 69.8 Å². The molecule has 0 bridgehead atoms. The van der Waals surface area contributed by atoms with Crippen molar-refractivity contribution in [1.82, 2.24) is 0 Å². The standard InChI is InChI=1S/C15H25BN2O2/c1-9-11(8-17)7-12(18)10(2)13(9)16-19-14(3,4)15(5,6)20-16/h7H,8,17-18H2,1-6H3. The van der Waals surface area contributed by atoms with E-state index in [4.69, 9.17) is 20.8 Å². The van der Waals surface area contributed by atoms with Gasteiger partial charge in [0, 0.05) is 12.2 Å². The molecule has 1 aliphatic rings. The van der Waals surface area contributed by atoms with E-state index in [1.807, 2.05) is 40.7 Å². The van der Waals surface area contributed by atoms with E-state index in [9.17, 15) is 0 Å². The Hall–Kier alpha value is -1.04. The second-order valence-electron chi connectivity index (χ2n) is 6.58. The van der Waals surface area contributed by atoms with Crippen LogP contribution in [0.3, 0.4) is 0 Å². The van der Waals surface area contributed by atoms with E-state index in [-0.39, 0.29) is 11.2 Å². The summed E-state index contributed by atoms with van der Waals surface area (Å²) < 4.78 is 12.3. The van der Waals surface area contributed by atoms with Crippen LogP contribution in [0.1, 0.15) is 44.4 Å². The maximum Gasteiger partial charge on any atom is 0.495 e. The predicted octanol–water partition coefficient (Wildman–Crippen LogP) is 1.64. The minimum absolute atomic E-state index is 0.357. The molecule has 1 aliphatic heterocycles. The van der Waals surface area contributed by atoms with Crippen molar-refractivity contribution in [1.29, 1.82) is 0 Å². The van der Waals surface area contributed by atoms with Gasteiger partial charge in [0.25, 0.3) is 0 Å². The fourth-order valence-corrected chi connectivity index (χ4v) is 2.54. The first kappa shape index (κ1) is 15.4. The van der Waals surface area contributed by atoms with Gasteiger partial charge in [-0.25, -0.2) is 0 Å². The summed E-state index contributed by atoms with van der Waals surface area (Å²) in [5.41, 5.74) is 16.1. The number of nitrogens with two attached hydrogens (primary N) is 2. The molecule has 0 saturated carbocycles.